The number of nitrogens with one attached hydrogen (secondary N) is 2. The molecule has 1 aromatic rings. The number of benzene rings is 1. The summed E-state index contributed by atoms with van der Waals surface area (Å²) < 4.78 is 11.2. The van der Waals surface area contributed by atoms with Crippen LogP contribution < -0.4 is 10.6 Å². The third-order valence-electron chi connectivity index (χ3n) is 6.11. The number of Topliss-reactive ketones (excluding diaryl/α,β-unsaturated/α-hetero) is 1. The van der Waals surface area contributed by atoms with Crippen molar-refractivity contribution in [2.24, 2.45) is 0 Å². The van der Waals surface area contributed by atoms with Crippen LogP contribution in [0.25, 0.3) is 0 Å². The summed E-state index contributed by atoms with van der Waals surface area (Å²) in [6.45, 7) is 1.58. The average molecular weight is 472 g/mol. The standard InChI is InChI=1S/C23H28N4O7/c1-14(28)24-16-9-10-19(30)26-11-5-8-17(27(26)22(16)32)21(31)25-20-18(29)13-34-23(20)33-12-15-6-3-2-4-7-15/h2-4,6-7,16-17,20,23H,5,8-13H2,1H3,(H,24,28)(H,25,31)/t16?,17?,20?,23-/m0/s1. The van der Waals surface area contributed by atoms with E-state index in [1.807, 2.05) is 30.3 Å². The van der Waals surface area contributed by atoms with E-state index in [1.165, 1.54) is 11.9 Å². The minimum absolute atomic E-state index is 0.0753. The SMILES string of the molecule is CC(=O)NC1CCC(=O)N2CCCC(C(=O)NC3C(=O)CO[C@@H]3OCc3ccccc3)N2C1=O. The quantitative estimate of drug-likeness (QED) is 0.578. The summed E-state index contributed by atoms with van der Waals surface area (Å²) in [5.74, 6) is -2.13. The van der Waals surface area contributed by atoms with Gasteiger partial charge < -0.3 is 20.1 Å². The van der Waals surface area contributed by atoms with E-state index in [0.29, 0.717) is 19.4 Å². The average Bonchev–Trinajstić information content (AvgIpc) is 3.12. The Morgan fingerprint density at radius 2 is 1.88 bits per heavy atom. The molecular formula is C23H28N4O7. The molecule has 11 heteroatoms. The zero-order chi connectivity index (χ0) is 24.2. The van der Waals surface area contributed by atoms with Crippen LogP contribution in [0.5, 0.6) is 0 Å². The third-order valence-corrected chi connectivity index (χ3v) is 6.11. The van der Waals surface area contributed by atoms with E-state index in [0.717, 1.165) is 10.6 Å². The number of hydrogen-bond donors (Lipinski definition) is 2. The molecule has 2 N–H and O–H groups in total. The van der Waals surface area contributed by atoms with Crippen LogP contribution in [-0.2, 0) is 40.1 Å². The van der Waals surface area contributed by atoms with E-state index in [9.17, 15) is 24.0 Å². The van der Waals surface area contributed by atoms with Crippen LogP contribution in [0.15, 0.2) is 30.3 Å². The first-order valence-corrected chi connectivity index (χ1v) is 11.4. The van der Waals surface area contributed by atoms with Crippen molar-refractivity contribution in [2.45, 2.75) is 63.6 Å². The Labute approximate surface area is 196 Å². The van der Waals surface area contributed by atoms with Gasteiger partial charge in [0.05, 0.1) is 6.61 Å². The van der Waals surface area contributed by atoms with E-state index in [1.54, 1.807) is 0 Å². The van der Waals surface area contributed by atoms with Crippen molar-refractivity contribution in [3.63, 3.8) is 0 Å². The summed E-state index contributed by atoms with van der Waals surface area (Å²) in [5.41, 5.74) is 0.885. The first-order chi connectivity index (χ1) is 16.3. The molecule has 0 aliphatic carbocycles. The Morgan fingerprint density at radius 1 is 1.12 bits per heavy atom. The number of nitrogens with zero attached hydrogens (tertiary/aromatic N) is 2. The van der Waals surface area contributed by atoms with E-state index >= 15 is 0 Å². The van der Waals surface area contributed by atoms with Crippen LogP contribution in [0, 0.1) is 0 Å². The molecule has 34 heavy (non-hydrogen) atoms. The van der Waals surface area contributed by atoms with Crippen molar-refractivity contribution in [3.05, 3.63) is 35.9 Å². The molecule has 0 saturated carbocycles. The van der Waals surface area contributed by atoms with Crippen LogP contribution in [0.2, 0.25) is 0 Å². The Bertz CT molecular complexity index is 969. The van der Waals surface area contributed by atoms with E-state index in [-0.39, 0.29) is 37.7 Å². The van der Waals surface area contributed by atoms with Crippen molar-refractivity contribution in [1.29, 1.82) is 0 Å². The van der Waals surface area contributed by atoms with E-state index in [4.69, 9.17) is 9.47 Å². The molecule has 0 aromatic heterocycles. The number of rotatable bonds is 6. The second kappa shape index (κ2) is 10.3. The highest BCUT2D eigenvalue weighted by Gasteiger charge is 2.46. The number of ether oxygens (including phenoxy) is 2. The van der Waals surface area contributed by atoms with Crippen molar-refractivity contribution in [2.75, 3.05) is 13.2 Å². The van der Waals surface area contributed by atoms with Gasteiger partial charge in [-0.1, -0.05) is 30.3 Å². The molecule has 4 amide bonds. The zero-order valence-electron chi connectivity index (χ0n) is 18.9. The molecule has 3 aliphatic rings. The normalized spacial score (nSPS) is 27.3. The molecule has 4 rings (SSSR count). The monoisotopic (exact) mass is 472 g/mol. The number of carbonyl (C=O) groups excluding carboxylic acids is 5. The zero-order valence-corrected chi connectivity index (χ0v) is 18.9. The molecule has 3 fully saturated rings. The molecule has 1 aromatic carbocycles. The number of ketones is 1. The van der Waals surface area contributed by atoms with Crippen LogP contribution in [-0.4, -0.2) is 77.0 Å². The van der Waals surface area contributed by atoms with E-state index in [2.05, 4.69) is 10.6 Å². The topological polar surface area (TPSA) is 134 Å². The van der Waals surface area contributed by atoms with Gasteiger partial charge in [-0.05, 0) is 24.8 Å². The molecule has 3 heterocycles. The largest absolute Gasteiger partial charge is 0.345 e. The van der Waals surface area contributed by atoms with Gasteiger partial charge in [-0.15, -0.1) is 0 Å². The van der Waals surface area contributed by atoms with Gasteiger partial charge in [0, 0.05) is 19.9 Å². The minimum Gasteiger partial charge on any atom is -0.345 e. The Hall–Kier alpha value is -3.31. The van der Waals surface area contributed by atoms with Crippen LogP contribution >= 0.6 is 0 Å². The van der Waals surface area contributed by atoms with E-state index < -0.39 is 42.1 Å². The summed E-state index contributed by atoms with van der Waals surface area (Å²) >= 11 is 0. The molecule has 0 spiro atoms. The summed E-state index contributed by atoms with van der Waals surface area (Å²) in [5, 5.41) is 7.67. The number of amides is 4. The van der Waals surface area contributed by atoms with Gasteiger partial charge in [0.2, 0.25) is 17.7 Å². The van der Waals surface area contributed by atoms with Crippen LogP contribution in [0.1, 0.15) is 38.2 Å². The second-order valence-corrected chi connectivity index (χ2v) is 8.58. The predicted octanol–water partition coefficient (Wildman–Crippen LogP) is -0.353. The summed E-state index contributed by atoms with van der Waals surface area (Å²) in [6.07, 6.45) is 0.0896. The minimum atomic E-state index is -1.03. The first kappa shape index (κ1) is 23.8. The van der Waals surface area contributed by atoms with Gasteiger partial charge in [-0.2, -0.15) is 0 Å². The molecule has 4 atom stereocenters. The maximum Gasteiger partial charge on any atom is 0.264 e. The van der Waals surface area contributed by atoms with Gasteiger partial charge in [0.15, 0.2) is 12.1 Å². The fraction of sp³-hybridized carbons (Fsp3) is 0.522. The Kier molecular flexibility index (Phi) is 7.23. The number of hydrogen-bond acceptors (Lipinski definition) is 7. The first-order valence-electron chi connectivity index (χ1n) is 11.4. The Balaban J connectivity index is 1.47. The van der Waals surface area contributed by atoms with Gasteiger partial charge in [-0.25, -0.2) is 5.01 Å². The number of carbonyl (C=O) groups is 5. The molecule has 3 saturated heterocycles. The lowest BCUT2D eigenvalue weighted by atomic mass is 10.0. The molecule has 0 bridgehead atoms. The second-order valence-electron chi connectivity index (χ2n) is 8.58. The fourth-order valence-corrected chi connectivity index (χ4v) is 4.45. The van der Waals surface area contributed by atoms with Gasteiger partial charge in [0.1, 0.15) is 24.7 Å². The van der Waals surface area contributed by atoms with Crippen molar-refractivity contribution in [3.8, 4) is 0 Å². The van der Waals surface area contributed by atoms with Crippen molar-refractivity contribution in [1.82, 2.24) is 20.7 Å². The highest BCUT2D eigenvalue weighted by Crippen LogP contribution is 2.25. The summed E-state index contributed by atoms with van der Waals surface area (Å²) in [4.78, 5) is 63.1. The van der Waals surface area contributed by atoms with Gasteiger partial charge in [0.25, 0.3) is 5.91 Å². The molecule has 0 radical (unpaired) electrons. The lowest BCUT2D eigenvalue weighted by Crippen LogP contribution is -2.64. The van der Waals surface area contributed by atoms with Crippen LogP contribution in [0.4, 0.5) is 0 Å². The summed E-state index contributed by atoms with van der Waals surface area (Å²) in [7, 11) is 0. The smallest absolute Gasteiger partial charge is 0.264 e. The Morgan fingerprint density at radius 3 is 2.62 bits per heavy atom. The molecule has 11 nitrogen and oxygen atoms in total. The summed E-state index contributed by atoms with van der Waals surface area (Å²) in [6, 6.07) is 6.41. The highest BCUT2D eigenvalue weighted by molar-refractivity contribution is 5.97. The van der Waals surface area contributed by atoms with Crippen molar-refractivity contribution < 1.29 is 33.4 Å². The maximum atomic E-state index is 13.3. The lowest BCUT2D eigenvalue weighted by Gasteiger charge is -2.43. The lowest BCUT2D eigenvalue weighted by molar-refractivity contribution is -0.177. The van der Waals surface area contributed by atoms with Crippen LogP contribution in [0.3, 0.4) is 0 Å². The molecular weight excluding hydrogens is 444 g/mol. The molecule has 3 unspecified atom stereocenters. The maximum absolute atomic E-state index is 13.3. The van der Waals surface area contributed by atoms with Gasteiger partial charge >= 0.3 is 0 Å². The fourth-order valence-electron chi connectivity index (χ4n) is 4.45. The molecule has 3 aliphatic heterocycles. The highest BCUT2D eigenvalue weighted by atomic mass is 16.7. The van der Waals surface area contributed by atoms with Crippen molar-refractivity contribution >= 4 is 29.4 Å². The third kappa shape index (κ3) is 5.10. The molecule has 182 valence electrons. The number of fused-ring (bicyclic) bond motifs is 1. The number of hydrazine groups is 1. The van der Waals surface area contributed by atoms with Gasteiger partial charge in [-0.3, -0.25) is 29.0 Å². The predicted molar refractivity (Wildman–Crippen MR) is 116 cm³/mol.